The number of ether oxygens (including phenoxy) is 2. The quantitative estimate of drug-likeness (QED) is 0.403. The van der Waals surface area contributed by atoms with Gasteiger partial charge in [-0.2, -0.15) is 0 Å². The van der Waals surface area contributed by atoms with Crippen LogP contribution in [0.1, 0.15) is 5.56 Å². The van der Waals surface area contributed by atoms with E-state index < -0.39 is 0 Å². The minimum absolute atomic E-state index is 0.625. The van der Waals surface area contributed by atoms with Gasteiger partial charge in [0.2, 0.25) is 0 Å². The van der Waals surface area contributed by atoms with Gasteiger partial charge in [0.25, 0.3) is 0 Å². The van der Waals surface area contributed by atoms with Crippen molar-refractivity contribution in [2.75, 3.05) is 21.3 Å². The van der Waals surface area contributed by atoms with Gasteiger partial charge < -0.3 is 20.1 Å². The summed E-state index contributed by atoms with van der Waals surface area (Å²) in [6.45, 7) is 0. The first-order valence-corrected chi connectivity index (χ1v) is 5.29. The van der Waals surface area contributed by atoms with E-state index in [4.69, 9.17) is 14.7 Å². The van der Waals surface area contributed by atoms with E-state index in [1.165, 1.54) is 6.21 Å². The lowest BCUT2D eigenvalue weighted by Gasteiger charge is -2.12. The molecule has 3 N–H and O–H groups in total. The molecule has 0 aliphatic rings. The first-order valence-electron chi connectivity index (χ1n) is 5.29. The van der Waals surface area contributed by atoms with Crippen molar-refractivity contribution in [1.29, 1.82) is 0 Å². The van der Waals surface area contributed by atoms with E-state index in [0.29, 0.717) is 11.5 Å². The van der Waals surface area contributed by atoms with Crippen molar-refractivity contribution < 1.29 is 14.7 Å². The highest BCUT2D eigenvalue weighted by Crippen LogP contribution is 2.29. The lowest BCUT2D eigenvalue weighted by Crippen LogP contribution is -2.25. The number of oxime groups is 1. The third-order valence-corrected chi connectivity index (χ3v) is 2.26. The van der Waals surface area contributed by atoms with Crippen LogP contribution in [0.15, 0.2) is 29.4 Å². The second kappa shape index (κ2) is 7.18. The molecule has 98 valence electrons. The van der Waals surface area contributed by atoms with Crippen LogP contribution in [0, 0.1) is 0 Å². The highest BCUT2D eigenvalue weighted by molar-refractivity contribution is 5.83. The van der Waals surface area contributed by atoms with Crippen LogP contribution in [-0.4, -0.2) is 32.7 Å². The van der Waals surface area contributed by atoms with E-state index in [-0.39, 0.29) is 0 Å². The molecule has 0 aliphatic carbocycles. The summed E-state index contributed by atoms with van der Waals surface area (Å²) >= 11 is 0. The number of methoxy groups -OCH3 is 2. The minimum Gasteiger partial charge on any atom is -0.493 e. The molecule has 0 aromatic heterocycles. The van der Waals surface area contributed by atoms with Crippen molar-refractivity contribution in [2.24, 2.45) is 5.16 Å². The third-order valence-electron chi connectivity index (χ3n) is 2.26. The van der Waals surface area contributed by atoms with Crippen LogP contribution in [0.25, 0.3) is 5.70 Å². The summed E-state index contributed by atoms with van der Waals surface area (Å²) < 4.78 is 10.4. The molecule has 0 radical (unpaired) electrons. The van der Waals surface area contributed by atoms with Gasteiger partial charge in [0.05, 0.1) is 26.1 Å². The van der Waals surface area contributed by atoms with Gasteiger partial charge in [-0.25, -0.2) is 5.43 Å². The second-order valence-corrected chi connectivity index (χ2v) is 3.29. The Hall–Kier alpha value is -2.21. The van der Waals surface area contributed by atoms with Gasteiger partial charge in [0, 0.05) is 12.6 Å². The number of nitrogens with one attached hydrogen (secondary N) is 2. The van der Waals surface area contributed by atoms with E-state index in [9.17, 15) is 0 Å². The average Bonchev–Trinajstić information content (AvgIpc) is 2.42. The van der Waals surface area contributed by atoms with Crippen molar-refractivity contribution >= 4 is 11.9 Å². The molecule has 1 rings (SSSR count). The van der Waals surface area contributed by atoms with Crippen molar-refractivity contribution in [3.05, 3.63) is 29.8 Å². The fourth-order valence-electron chi connectivity index (χ4n) is 1.46. The Kier molecular flexibility index (Phi) is 5.53. The number of rotatable bonds is 6. The molecule has 0 fully saturated rings. The lowest BCUT2D eigenvalue weighted by molar-refractivity contribution is 0.322. The number of hydrazine groups is 1. The summed E-state index contributed by atoms with van der Waals surface area (Å²) in [6.07, 6.45) is 2.90. The number of allylic oxidation sites excluding steroid dienone is 1. The summed E-state index contributed by atoms with van der Waals surface area (Å²) in [7, 11) is 4.90. The number of hydrogen-bond donors (Lipinski definition) is 3. The predicted molar refractivity (Wildman–Crippen MR) is 70.0 cm³/mol. The summed E-state index contributed by atoms with van der Waals surface area (Å²) in [5.41, 5.74) is 7.34. The molecule has 0 aliphatic heterocycles. The lowest BCUT2D eigenvalue weighted by atomic mass is 10.1. The largest absolute Gasteiger partial charge is 0.493 e. The molecule has 0 unspecified atom stereocenters. The van der Waals surface area contributed by atoms with Crippen LogP contribution in [-0.2, 0) is 0 Å². The monoisotopic (exact) mass is 251 g/mol. The highest BCUT2D eigenvalue weighted by atomic mass is 16.5. The molecule has 1 aromatic carbocycles. The SMILES string of the molecule is CNN/C(=C\C=NO)c1ccc(OC)c(OC)c1. The molecule has 0 spiro atoms. The molecule has 0 amide bonds. The predicted octanol–water partition coefficient (Wildman–Crippen LogP) is 1.23. The Morgan fingerprint density at radius 1 is 1.28 bits per heavy atom. The second-order valence-electron chi connectivity index (χ2n) is 3.29. The molecule has 0 atom stereocenters. The Labute approximate surface area is 106 Å². The molecule has 18 heavy (non-hydrogen) atoms. The van der Waals surface area contributed by atoms with Gasteiger partial charge in [0.1, 0.15) is 0 Å². The van der Waals surface area contributed by atoms with Crippen LogP contribution in [0.5, 0.6) is 11.5 Å². The fraction of sp³-hybridized carbons (Fsp3) is 0.250. The molecule has 6 heteroatoms. The van der Waals surface area contributed by atoms with Crippen molar-refractivity contribution in [2.45, 2.75) is 0 Å². The first-order chi connectivity index (χ1) is 8.76. The van der Waals surface area contributed by atoms with Crippen molar-refractivity contribution in [1.82, 2.24) is 10.9 Å². The summed E-state index contributed by atoms with van der Waals surface area (Å²) in [5.74, 6) is 1.28. The molecule has 0 heterocycles. The Bertz CT molecular complexity index is 444. The van der Waals surface area contributed by atoms with E-state index in [0.717, 1.165) is 11.3 Å². The van der Waals surface area contributed by atoms with Gasteiger partial charge in [-0.1, -0.05) is 5.16 Å². The summed E-state index contributed by atoms with van der Waals surface area (Å²) in [5, 5.41) is 11.4. The van der Waals surface area contributed by atoms with Crippen LogP contribution in [0.2, 0.25) is 0 Å². The maximum absolute atomic E-state index is 8.45. The molecular weight excluding hydrogens is 234 g/mol. The number of hydrogen-bond acceptors (Lipinski definition) is 6. The molecule has 1 aromatic rings. The molecule has 0 bridgehead atoms. The van der Waals surface area contributed by atoms with E-state index in [1.54, 1.807) is 33.4 Å². The Morgan fingerprint density at radius 3 is 2.56 bits per heavy atom. The van der Waals surface area contributed by atoms with Crippen molar-refractivity contribution in [3.8, 4) is 11.5 Å². The van der Waals surface area contributed by atoms with Crippen molar-refractivity contribution in [3.63, 3.8) is 0 Å². The van der Waals surface area contributed by atoms with Gasteiger partial charge in [0.15, 0.2) is 11.5 Å². The highest BCUT2D eigenvalue weighted by Gasteiger charge is 2.07. The van der Waals surface area contributed by atoms with Crippen LogP contribution < -0.4 is 20.3 Å². The minimum atomic E-state index is 0.625. The number of benzene rings is 1. The first kappa shape index (κ1) is 13.9. The molecular formula is C12H17N3O3. The zero-order valence-corrected chi connectivity index (χ0v) is 10.6. The van der Waals surface area contributed by atoms with E-state index >= 15 is 0 Å². The van der Waals surface area contributed by atoms with Gasteiger partial charge >= 0.3 is 0 Å². The van der Waals surface area contributed by atoms with Crippen LogP contribution in [0.4, 0.5) is 0 Å². The smallest absolute Gasteiger partial charge is 0.161 e. The third kappa shape index (κ3) is 3.39. The van der Waals surface area contributed by atoms with Crippen LogP contribution >= 0.6 is 0 Å². The zero-order valence-electron chi connectivity index (χ0n) is 10.6. The molecule has 0 saturated carbocycles. The normalized spacial score (nSPS) is 11.6. The number of nitrogens with zero attached hydrogens (tertiary/aromatic N) is 1. The fourth-order valence-corrected chi connectivity index (χ4v) is 1.46. The topological polar surface area (TPSA) is 75.1 Å². The van der Waals surface area contributed by atoms with E-state index in [2.05, 4.69) is 16.0 Å². The van der Waals surface area contributed by atoms with E-state index in [1.807, 2.05) is 12.1 Å². The van der Waals surface area contributed by atoms with Crippen LogP contribution in [0.3, 0.4) is 0 Å². The summed E-state index contributed by atoms with van der Waals surface area (Å²) in [6, 6.07) is 5.48. The summed E-state index contributed by atoms with van der Waals surface area (Å²) in [4.78, 5) is 0. The standard InChI is InChI=1S/C12H17N3O3/c1-13-15-10(6-7-14-16)9-4-5-11(17-2)12(8-9)18-3/h4-8,13,15-16H,1-3H3/b10-6-,14-7?. The zero-order chi connectivity index (χ0) is 13.4. The average molecular weight is 251 g/mol. The Morgan fingerprint density at radius 2 is 2.00 bits per heavy atom. The molecule has 0 saturated heterocycles. The maximum atomic E-state index is 8.45. The van der Waals surface area contributed by atoms with Gasteiger partial charge in [-0.15, -0.1) is 0 Å². The van der Waals surface area contributed by atoms with Gasteiger partial charge in [-0.3, -0.25) is 0 Å². The van der Waals surface area contributed by atoms with Gasteiger partial charge in [-0.05, 0) is 24.3 Å². The molecule has 6 nitrogen and oxygen atoms in total. The maximum Gasteiger partial charge on any atom is 0.161 e. The Balaban J connectivity index is 3.12.